The number of carbonyl (C=O) groups excluding carboxylic acids is 2. The Kier molecular flexibility index (Phi) is 6.52. The highest BCUT2D eigenvalue weighted by Gasteiger charge is 2.28. The van der Waals surface area contributed by atoms with Gasteiger partial charge in [0.2, 0.25) is 5.91 Å². The summed E-state index contributed by atoms with van der Waals surface area (Å²) in [6, 6.07) is 5.27. The molecule has 2 fully saturated rings. The molecule has 3 rings (SSSR count). The summed E-state index contributed by atoms with van der Waals surface area (Å²) < 4.78 is 16.0. The lowest BCUT2D eigenvalue weighted by Gasteiger charge is -2.36. The van der Waals surface area contributed by atoms with Gasteiger partial charge < -0.3 is 24.0 Å². The van der Waals surface area contributed by atoms with Gasteiger partial charge in [0.15, 0.2) is 11.5 Å². The van der Waals surface area contributed by atoms with Gasteiger partial charge in [0.05, 0.1) is 39.5 Å². The van der Waals surface area contributed by atoms with E-state index in [0.717, 1.165) is 13.1 Å². The molecule has 0 aliphatic carbocycles. The highest BCUT2D eigenvalue weighted by atomic mass is 16.5. The summed E-state index contributed by atoms with van der Waals surface area (Å²) >= 11 is 0. The molecule has 0 aromatic heterocycles. The van der Waals surface area contributed by atoms with Crippen LogP contribution in [0.1, 0.15) is 10.4 Å². The van der Waals surface area contributed by atoms with Crippen molar-refractivity contribution in [1.82, 2.24) is 14.7 Å². The van der Waals surface area contributed by atoms with Gasteiger partial charge in [-0.3, -0.25) is 14.5 Å². The minimum Gasteiger partial charge on any atom is -0.493 e. The van der Waals surface area contributed by atoms with E-state index in [9.17, 15) is 9.59 Å². The quantitative estimate of drug-likeness (QED) is 0.736. The monoisotopic (exact) mass is 377 g/mol. The van der Waals surface area contributed by atoms with E-state index >= 15 is 0 Å². The lowest BCUT2D eigenvalue weighted by molar-refractivity contribution is -0.134. The molecule has 0 unspecified atom stereocenters. The topological polar surface area (TPSA) is 71.6 Å². The molecule has 0 atom stereocenters. The van der Waals surface area contributed by atoms with Gasteiger partial charge >= 0.3 is 0 Å². The van der Waals surface area contributed by atoms with Crippen LogP contribution in [0.25, 0.3) is 0 Å². The highest BCUT2D eigenvalue weighted by molar-refractivity contribution is 5.98. The average molecular weight is 377 g/mol. The summed E-state index contributed by atoms with van der Waals surface area (Å²) in [5.41, 5.74) is 0.477. The van der Waals surface area contributed by atoms with Crippen molar-refractivity contribution in [3.8, 4) is 11.5 Å². The number of rotatable bonds is 5. The molecule has 0 radical (unpaired) electrons. The maximum atomic E-state index is 12.9. The van der Waals surface area contributed by atoms with Gasteiger partial charge in [0, 0.05) is 39.3 Å². The molecule has 2 aliphatic heterocycles. The third kappa shape index (κ3) is 4.51. The lowest BCUT2D eigenvalue weighted by atomic mass is 10.1. The van der Waals surface area contributed by atoms with Crippen LogP contribution in [-0.2, 0) is 9.53 Å². The number of para-hydroxylation sites is 1. The van der Waals surface area contributed by atoms with E-state index in [1.165, 1.54) is 7.11 Å². The molecular weight excluding hydrogens is 350 g/mol. The second kappa shape index (κ2) is 9.05. The zero-order valence-corrected chi connectivity index (χ0v) is 16.0. The van der Waals surface area contributed by atoms with Crippen LogP contribution in [0.2, 0.25) is 0 Å². The number of morpholine rings is 1. The van der Waals surface area contributed by atoms with Crippen molar-refractivity contribution in [3.63, 3.8) is 0 Å². The smallest absolute Gasteiger partial charge is 0.257 e. The summed E-state index contributed by atoms with van der Waals surface area (Å²) in [7, 11) is 3.07. The number of piperazine rings is 1. The number of amides is 2. The van der Waals surface area contributed by atoms with Crippen LogP contribution in [0.5, 0.6) is 11.5 Å². The fraction of sp³-hybridized carbons (Fsp3) is 0.579. The van der Waals surface area contributed by atoms with Crippen molar-refractivity contribution in [2.45, 2.75) is 0 Å². The van der Waals surface area contributed by atoms with Crippen LogP contribution in [0.4, 0.5) is 0 Å². The van der Waals surface area contributed by atoms with E-state index < -0.39 is 0 Å². The third-order valence-corrected chi connectivity index (χ3v) is 5.02. The molecule has 8 heteroatoms. The zero-order chi connectivity index (χ0) is 19.2. The van der Waals surface area contributed by atoms with Gasteiger partial charge in [0.25, 0.3) is 5.91 Å². The number of methoxy groups -OCH3 is 2. The Balaban J connectivity index is 1.57. The predicted octanol–water partition coefficient (Wildman–Crippen LogP) is 0.320. The standard InChI is InChI=1S/C19H27N3O5/c1-25-16-5-3-4-15(18(16)26-2)19(24)22-8-6-21(7-9-22)17(23)14-20-10-12-27-13-11-20/h3-5H,6-14H2,1-2H3. The summed E-state index contributed by atoms with van der Waals surface area (Å²) in [5, 5.41) is 0. The first kappa shape index (κ1) is 19.4. The summed E-state index contributed by atoms with van der Waals surface area (Å²) in [6.45, 7) is 5.46. The van der Waals surface area contributed by atoms with Crippen molar-refractivity contribution in [2.24, 2.45) is 0 Å². The highest BCUT2D eigenvalue weighted by Crippen LogP contribution is 2.31. The molecule has 2 amide bonds. The first-order valence-corrected chi connectivity index (χ1v) is 9.22. The van der Waals surface area contributed by atoms with Crippen molar-refractivity contribution >= 4 is 11.8 Å². The van der Waals surface area contributed by atoms with Crippen LogP contribution in [0, 0.1) is 0 Å². The largest absolute Gasteiger partial charge is 0.493 e. The van der Waals surface area contributed by atoms with Gasteiger partial charge in [-0.15, -0.1) is 0 Å². The van der Waals surface area contributed by atoms with Crippen LogP contribution < -0.4 is 9.47 Å². The van der Waals surface area contributed by atoms with E-state index in [2.05, 4.69) is 4.90 Å². The van der Waals surface area contributed by atoms with Crippen molar-refractivity contribution in [2.75, 3.05) is 73.2 Å². The Hall–Kier alpha value is -2.32. The Morgan fingerprint density at radius 3 is 2.26 bits per heavy atom. The molecule has 8 nitrogen and oxygen atoms in total. The molecule has 0 saturated carbocycles. The van der Waals surface area contributed by atoms with Crippen LogP contribution in [0.15, 0.2) is 18.2 Å². The van der Waals surface area contributed by atoms with Crippen molar-refractivity contribution in [3.05, 3.63) is 23.8 Å². The van der Waals surface area contributed by atoms with Crippen LogP contribution in [0.3, 0.4) is 0 Å². The van der Waals surface area contributed by atoms with Gasteiger partial charge in [-0.05, 0) is 12.1 Å². The fourth-order valence-electron chi connectivity index (χ4n) is 3.44. The zero-order valence-electron chi connectivity index (χ0n) is 16.0. The van der Waals surface area contributed by atoms with Crippen LogP contribution in [-0.4, -0.2) is 99.8 Å². The summed E-state index contributed by atoms with van der Waals surface area (Å²) in [4.78, 5) is 31.1. The first-order chi connectivity index (χ1) is 13.1. The minimum absolute atomic E-state index is 0.106. The molecule has 148 valence electrons. The molecular formula is C19H27N3O5. The molecule has 1 aromatic carbocycles. The Bertz CT molecular complexity index is 667. The van der Waals surface area contributed by atoms with E-state index in [1.807, 2.05) is 4.90 Å². The average Bonchev–Trinajstić information content (AvgIpc) is 2.73. The van der Waals surface area contributed by atoms with E-state index in [-0.39, 0.29) is 11.8 Å². The molecule has 2 aliphatic rings. The van der Waals surface area contributed by atoms with Crippen molar-refractivity contribution in [1.29, 1.82) is 0 Å². The Labute approximate surface area is 159 Å². The fourth-order valence-corrected chi connectivity index (χ4v) is 3.44. The van der Waals surface area contributed by atoms with E-state index in [1.54, 1.807) is 30.2 Å². The third-order valence-electron chi connectivity index (χ3n) is 5.02. The molecule has 0 N–H and O–H groups in total. The molecule has 1 aromatic rings. The van der Waals surface area contributed by atoms with Crippen LogP contribution >= 0.6 is 0 Å². The molecule has 0 bridgehead atoms. The van der Waals surface area contributed by atoms with Crippen molar-refractivity contribution < 1.29 is 23.8 Å². The number of benzene rings is 1. The van der Waals surface area contributed by atoms with Gasteiger partial charge in [-0.2, -0.15) is 0 Å². The van der Waals surface area contributed by atoms with E-state index in [4.69, 9.17) is 14.2 Å². The number of hydrogen-bond acceptors (Lipinski definition) is 6. The normalized spacial score (nSPS) is 18.3. The predicted molar refractivity (Wildman–Crippen MR) is 99.3 cm³/mol. The summed E-state index contributed by atoms with van der Waals surface area (Å²) in [5.74, 6) is 0.979. The van der Waals surface area contributed by atoms with E-state index in [0.29, 0.717) is 63.0 Å². The molecule has 2 heterocycles. The van der Waals surface area contributed by atoms with Gasteiger partial charge in [-0.1, -0.05) is 6.07 Å². The summed E-state index contributed by atoms with van der Waals surface area (Å²) in [6.07, 6.45) is 0. The Morgan fingerprint density at radius 1 is 0.963 bits per heavy atom. The Morgan fingerprint density at radius 2 is 1.63 bits per heavy atom. The molecule has 0 spiro atoms. The molecule has 2 saturated heterocycles. The maximum absolute atomic E-state index is 12.9. The number of nitrogens with zero attached hydrogens (tertiary/aromatic N) is 3. The lowest BCUT2D eigenvalue weighted by Crippen LogP contribution is -2.53. The number of ether oxygens (including phenoxy) is 3. The molecule has 27 heavy (non-hydrogen) atoms. The minimum atomic E-state index is -0.106. The van der Waals surface area contributed by atoms with Gasteiger partial charge in [0.1, 0.15) is 0 Å². The number of carbonyl (C=O) groups is 2. The van der Waals surface area contributed by atoms with Gasteiger partial charge in [-0.25, -0.2) is 0 Å². The first-order valence-electron chi connectivity index (χ1n) is 9.22. The number of hydrogen-bond donors (Lipinski definition) is 0. The second-order valence-electron chi connectivity index (χ2n) is 6.60. The maximum Gasteiger partial charge on any atom is 0.257 e. The second-order valence-corrected chi connectivity index (χ2v) is 6.60. The SMILES string of the molecule is COc1cccc(C(=O)N2CCN(C(=O)CN3CCOCC3)CC2)c1OC.